The molecule has 21 heavy (non-hydrogen) atoms. The Morgan fingerprint density at radius 2 is 1.86 bits per heavy atom. The lowest BCUT2D eigenvalue weighted by Gasteiger charge is -2.14. The zero-order chi connectivity index (χ0) is 14.7. The number of aromatic nitrogens is 1. The predicted molar refractivity (Wildman–Crippen MR) is 84.1 cm³/mol. The van der Waals surface area contributed by atoms with E-state index >= 15 is 0 Å². The summed E-state index contributed by atoms with van der Waals surface area (Å²) in [6.45, 7) is 1.98. The highest BCUT2D eigenvalue weighted by Gasteiger charge is 2.11. The number of rotatable bonds is 3. The van der Waals surface area contributed by atoms with E-state index in [0.717, 1.165) is 16.3 Å². The fourth-order valence-corrected chi connectivity index (χ4v) is 2.33. The average molecular weight is 276 g/mol. The molecular weight excluding hydrogens is 260 g/mol. The number of hydrogen-bond donors (Lipinski definition) is 1. The molecule has 0 saturated heterocycles. The quantitative estimate of drug-likeness (QED) is 0.792. The van der Waals surface area contributed by atoms with Crippen molar-refractivity contribution in [3.63, 3.8) is 0 Å². The van der Waals surface area contributed by atoms with Gasteiger partial charge in [-0.3, -0.25) is 9.78 Å². The molecule has 1 heterocycles. The third kappa shape index (κ3) is 2.92. The zero-order valence-corrected chi connectivity index (χ0v) is 11.8. The van der Waals surface area contributed by atoms with E-state index in [1.54, 1.807) is 12.4 Å². The van der Waals surface area contributed by atoms with Gasteiger partial charge in [-0.25, -0.2) is 0 Å². The highest BCUT2D eigenvalue weighted by molar-refractivity contribution is 5.98. The molecule has 0 radical (unpaired) electrons. The number of benzene rings is 2. The summed E-state index contributed by atoms with van der Waals surface area (Å²) in [5.74, 6) is -0.0648. The molecule has 0 fully saturated rings. The van der Waals surface area contributed by atoms with E-state index in [1.807, 2.05) is 61.5 Å². The van der Waals surface area contributed by atoms with E-state index in [2.05, 4.69) is 10.3 Å². The Kier molecular flexibility index (Phi) is 3.65. The molecule has 1 unspecified atom stereocenters. The first-order chi connectivity index (χ1) is 10.2. The standard InChI is InChI=1S/C18H16N2O/c1-13(14-5-3-2-4-6-14)20-18(21)16-7-8-17-12-19-10-9-15(17)11-16/h2-13H,1H3,(H,20,21). The van der Waals surface area contributed by atoms with E-state index in [-0.39, 0.29) is 11.9 Å². The minimum Gasteiger partial charge on any atom is -0.346 e. The van der Waals surface area contributed by atoms with Crippen LogP contribution >= 0.6 is 0 Å². The van der Waals surface area contributed by atoms with Crippen molar-refractivity contribution in [2.45, 2.75) is 13.0 Å². The number of carbonyl (C=O) groups is 1. The van der Waals surface area contributed by atoms with Gasteiger partial charge < -0.3 is 5.32 Å². The number of carbonyl (C=O) groups excluding carboxylic acids is 1. The van der Waals surface area contributed by atoms with Crippen LogP contribution in [0.1, 0.15) is 28.9 Å². The van der Waals surface area contributed by atoms with Crippen LogP contribution in [0.2, 0.25) is 0 Å². The first-order valence-electron chi connectivity index (χ1n) is 6.93. The predicted octanol–water partition coefficient (Wildman–Crippen LogP) is 3.73. The number of nitrogens with one attached hydrogen (secondary N) is 1. The lowest BCUT2D eigenvalue weighted by atomic mass is 10.1. The molecular formula is C18H16N2O. The molecule has 1 atom stereocenters. The summed E-state index contributed by atoms with van der Waals surface area (Å²) in [4.78, 5) is 16.4. The van der Waals surface area contributed by atoms with Gasteiger partial charge in [0.1, 0.15) is 0 Å². The molecule has 3 nitrogen and oxygen atoms in total. The normalized spacial score (nSPS) is 12.0. The van der Waals surface area contributed by atoms with Crippen molar-refractivity contribution in [1.29, 1.82) is 0 Å². The fourth-order valence-electron chi connectivity index (χ4n) is 2.33. The third-order valence-electron chi connectivity index (χ3n) is 3.55. The fraction of sp³-hybridized carbons (Fsp3) is 0.111. The molecule has 1 amide bonds. The van der Waals surface area contributed by atoms with Gasteiger partial charge in [0.05, 0.1) is 6.04 Å². The topological polar surface area (TPSA) is 42.0 Å². The van der Waals surface area contributed by atoms with E-state index in [9.17, 15) is 4.79 Å². The summed E-state index contributed by atoms with van der Waals surface area (Å²) < 4.78 is 0. The minimum absolute atomic E-state index is 0.0214. The highest BCUT2D eigenvalue weighted by atomic mass is 16.1. The molecule has 3 aromatic rings. The molecule has 0 saturated carbocycles. The molecule has 1 aromatic heterocycles. The Morgan fingerprint density at radius 1 is 1.05 bits per heavy atom. The van der Waals surface area contributed by atoms with Crippen molar-refractivity contribution < 1.29 is 4.79 Å². The van der Waals surface area contributed by atoms with Gasteiger partial charge in [0.15, 0.2) is 0 Å². The molecule has 0 bridgehead atoms. The SMILES string of the molecule is CC(NC(=O)c1ccc2cnccc2c1)c1ccccc1. The summed E-state index contributed by atoms with van der Waals surface area (Å²) in [5, 5.41) is 5.07. The number of amides is 1. The van der Waals surface area contributed by atoms with Crippen molar-refractivity contribution in [3.8, 4) is 0 Å². The molecule has 3 heteroatoms. The molecule has 2 aromatic carbocycles. The van der Waals surface area contributed by atoms with Gasteiger partial charge in [0, 0.05) is 23.3 Å². The molecule has 0 spiro atoms. The lowest BCUT2D eigenvalue weighted by molar-refractivity contribution is 0.0940. The Hall–Kier alpha value is -2.68. The Morgan fingerprint density at radius 3 is 2.67 bits per heavy atom. The lowest BCUT2D eigenvalue weighted by Crippen LogP contribution is -2.26. The third-order valence-corrected chi connectivity index (χ3v) is 3.55. The van der Waals surface area contributed by atoms with Crippen LogP contribution < -0.4 is 5.32 Å². The maximum Gasteiger partial charge on any atom is 0.251 e. The second kappa shape index (κ2) is 5.75. The summed E-state index contributed by atoms with van der Waals surface area (Å²) in [6.07, 6.45) is 3.53. The van der Waals surface area contributed by atoms with Gasteiger partial charge in [-0.1, -0.05) is 36.4 Å². The van der Waals surface area contributed by atoms with Crippen LogP contribution in [0.4, 0.5) is 0 Å². The van der Waals surface area contributed by atoms with Gasteiger partial charge in [-0.15, -0.1) is 0 Å². The maximum absolute atomic E-state index is 12.3. The number of nitrogens with zero attached hydrogens (tertiary/aromatic N) is 1. The van der Waals surface area contributed by atoms with Crippen molar-refractivity contribution in [3.05, 3.63) is 78.1 Å². The molecule has 3 rings (SSSR count). The summed E-state index contributed by atoms with van der Waals surface area (Å²) in [5.41, 5.74) is 1.76. The summed E-state index contributed by atoms with van der Waals surface area (Å²) >= 11 is 0. The minimum atomic E-state index is -0.0648. The summed E-state index contributed by atoms with van der Waals surface area (Å²) in [7, 11) is 0. The maximum atomic E-state index is 12.3. The second-order valence-electron chi connectivity index (χ2n) is 5.04. The van der Waals surface area contributed by atoms with Gasteiger partial charge >= 0.3 is 0 Å². The second-order valence-corrected chi connectivity index (χ2v) is 5.04. The van der Waals surface area contributed by atoms with Crippen LogP contribution in [-0.2, 0) is 0 Å². The first-order valence-corrected chi connectivity index (χ1v) is 6.93. The molecule has 0 aliphatic carbocycles. The first kappa shape index (κ1) is 13.3. The molecule has 0 aliphatic heterocycles. The monoisotopic (exact) mass is 276 g/mol. The summed E-state index contributed by atoms with van der Waals surface area (Å²) in [6, 6.07) is 17.5. The number of pyridine rings is 1. The largest absolute Gasteiger partial charge is 0.346 e. The van der Waals surface area contributed by atoms with Crippen LogP contribution in [0.3, 0.4) is 0 Å². The van der Waals surface area contributed by atoms with E-state index < -0.39 is 0 Å². The Bertz CT molecular complexity index is 768. The van der Waals surface area contributed by atoms with Gasteiger partial charge in [-0.2, -0.15) is 0 Å². The van der Waals surface area contributed by atoms with Crippen LogP contribution in [-0.4, -0.2) is 10.9 Å². The van der Waals surface area contributed by atoms with Gasteiger partial charge in [0.25, 0.3) is 5.91 Å². The Balaban J connectivity index is 1.80. The highest BCUT2D eigenvalue weighted by Crippen LogP contribution is 2.16. The molecule has 1 N–H and O–H groups in total. The smallest absolute Gasteiger partial charge is 0.251 e. The molecule has 104 valence electrons. The number of fused-ring (bicyclic) bond motifs is 1. The van der Waals surface area contributed by atoms with Gasteiger partial charge in [-0.05, 0) is 36.1 Å². The average Bonchev–Trinajstić information content (AvgIpc) is 2.55. The van der Waals surface area contributed by atoms with Crippen LogP contribution in [0, 0.1) is 0 Å². The van der Waals surface area contributed by atoms with Crippen molar-refractivity contribution in [2.75, 3.05) is 0 Å². The van der Waals surface area contributed by atoms with Gasteiger partial charge in [0.2, 0.25) is 0 Å². The van der Waals surface area contributed by atoms with Crippen molar-refractivity contribution >= 4 is 16.7 Å². The molecule has 0 aliphatic rings. The number of hydrogen-bond acceptors (Lipinski definition) is 2. The van der Waals surface area contributed by atoms with E-state index in [1.165, 1.54) is 0 Å². The van der Waals surface area contributed by atoms with E-state index in [4.69, 9.17) is 0 Å². The van der Waals surface area contributed by atoms with Crippen LogP contribution in [0.15, 0.2) is 67.0 Å². The van der Waals surface area contributed by atoms with Crippen molar-refractivity contribution in [2.24, 2.45) is 0 Å². The van der Waals surface area contributed by atoms with Crippen LogP contribution in [0.5, 0.6) is 0 Å². The van der Waals surface area contributed by atoms with Crippen molar-refractivity contribution in [1.82, 2.24) is 10.3 Å². The van der Waals surface area contributed by atoms with E-state index in [0.29, 0.717) is 5.56 Å². The van der Waals surface area contributed by atoms with Crippen LogP contribution in [0.25, 0.3) is 10.8 Å². The Labute approximate surface area is 123 Å². The zero-order valence-electron chi connectivity index (χ0n) is 11.8.